The van der Waals surface area contributed by atoms with Crippen LogP contribution in [-0.4, -0.2) is 44.7 Å². The van der Waals surface area contributed by atoms with Gasteiger partial charge in [0.1, 0.15) is 6.61 Å². The van der Waals surface area contributed by atoms with E-state index in [0.29, 0.717) is 19.6 Å². The fraction of sp³-hybridized carbons (Fsp3) is 0.846. The lowest BCUT2D eigenvalue weighted by molar-refractivity contribution is -0.200. The van der Waals surface area contributed by atoms with Crippen LogP contribution in [0.15, 0.2) is 0 Å². The van der Waals surface area contributed by atoms with Gasteiger partial charge in [-0.1, -0.05) is 13.8 Å². The molecule has 0 aliphatic carbocycles. The van der Waals surface area contributed by atoms with Crippen molar-refractivity contribution in [3.05, 3.63) is 0 Å². The van der Waals surface area contributed by atoms with Crippen LogP contribution < -0.4 is 0 Å². The topological polar surface area (TPSA) is 71.1 Å². The first kappa shape index (κ1) is 15.9. The van der Waals surface area contributed by atoms with Crippen LogP contribution in [0.1, 0.15) is 33.1 Å². The maximum Gasteiger partial charge on any atom is 0.346 e. The molecule has 6 nitrogen and oxygen atoms in total. The molecular formula is C13H22O6. The molecule has 0 bridgehead atoms. The minimum absolute atomic E-state index is 0.213. The van der Waals surface area contributed by atoms with E-state index in [0.717, 1.165) is 12.8 Å². The molecular weight excluding hydrogens is 252 g/mol. The van der Waals surface area contributed by atoms with E-state index in [4.69, 9.17) is 18.9 Å². The molecule has 0 spiro atoms. The lowest BCUT2D eigenvalue weighted by Crippen LogP contribution is -2.31. The summed E-state index contributed by atoms with van der Waals surface area (Å²) in [5, 5.41) is 0. The quantitative estimate of drug-likeness (QED) is 0.703. The van der Waals surface area contributed by atoms with Gasteiger partial charge in [-0.3, -0.25) is 4.79 Å². The predicted octanol–water partition coefficient (Wildman–Crippen LogP) is 1.27. The van der Waals surface area contributed by atoms with Gasteiger partial charge in [-0.2, -0.15) is 0 Å². The van der Waals surface area contributed by atoms with Crippen molar-refractivity contribution in [2.75, 3.05) is 26.4 Å². The van der Waals surface area contributed by atoms with Crippen LogP contribution >= 0.6 is 0 Å². The first-order chi connectivity index (χ1) is 9.13. The third-order valence-electron chi connectivity index (χ3n) is 2.85. The summed E-state index contributed by atoms with van der Waals surface area (Å²) in [7, 11) is 0. The van der Waals surface area contributed by atoms with E-state index in [1.165, 1.54) is 0 Å². The molecule has 1 rings (SSSR count). The Kier molecular flexibility index (Phi) is 7.43. The minimum Gasteiger partial charge on any atom is -0.453 e. The van der Waals surface area contributed by atoms with Gasteiger partial charge < -0.3 is 18.9 Å². The fourth-order valence-electron chi connectivity index (χ4n) is 1.44. The van der Waals surface area contributed by atoms with Gasteiger partial charge in [0, 0.05) is 6.61 Å². The largest absolute Gasteiger partial charge is 0.453 e. The first-order valence-corrected chi connectivity index (χ1v) is 6.69. The molecule has 0 radical (unpaired) electrons. The molecule has 0 amide bonds. The number of carbonyl (C=O) groups is 2. The molecule has 1 saturated heterocycles. The Morgan fingerprint density at radius 3 is 2.79 bits per heavy atom. The van der Waals surface area contributed by atoms with E-state index in [1.54, 1.807) is 6.92 Å². The van der Waals surface area contributed by atoms with Crippen molar-refractivity contribution in [2.24, 2.45) is 5.92 Å². The highest BCUT2D eigenvalue weighted by atomic mass is 16.7. The Labute approximate surface area is 113 Å². The van der Waals surface area contributed by atoms with E-state index in [1.807, 2.05) is 6.92 Å². The standard InChI is InChI=1S/C13H22O6/c1-3-10(2)13(15)18-8-11(14)19-12-9-16-6-4-5-7-17-12/h10,12H,3-9H2,1-2H3. The Hall–Kier alpha value is -1.14. The maximum atomic E-state index is 11.5. The number of hydrogen-bond acceptors (Lipinski definition) is 6. The van der Waals surface area contributed by atoms with Crippen molar-refractivity contribution in [1.82, 2.24) is 0 Å². The van der Waals surface area contributed by atoms with E-state index >= 15 is 0 Å². The second-order valence-electron chi connectivity index (χ2n) is 4.49. The summed E-state index contributed by atoms with van der Waals surface area (Å²) in [5.74, 6) is -1.23. The average molecular weight is 274 g/mol. The Morgan fingerprint density at radius 2 is 2.05 bits per heavy atom. The smallest absolute Gasteiger partial charge is 0.346 e. The van der Waals surface area contributed by atoms with Crippen LogP contribution in [0, 0.1) is 5.92 Å². The Bertz CT molecular complexity index is 283. The van der Waals surface area contributed by atoms with E-state index in [9.17, 15) is 9.59 Å². The lowest BCUT2D eigenvalue weighted by atomic mass is 10.1. The van der Waals surface area contributed by atoms with Crippen molar-refractivity contribution >= 4 is 11.9 Å². The van der Waals surface area contributed by atoms with Crippen molar-refractivity contribution in [3.63, 3.8) is 0 Å². The molecule has 0 aromatic heterocycles. The van der Waals surface area contributed by atoms with Gasteiger partial charge in [0.05, 0.1) is 12.5 Å². The molecule has 6 heteroatoms. The highest BCUT2D eigenvalue weighted by Crippen LogP contribution is 2.06. The number of esters is 2. The molecule has 1 fully saturated rings. The van der Waals surface area contributed by atoms with Crippen LogP contribution in [-0.2, 0) is 28.5 Å². The zero-order valence-electron chi connectivity index (χ0n) is 11.6. The molecule has 1 heterocycles. The van der Waals surface area contributed by atoms with Crippen molar-refractivity contribution in [3.8, 4) is 0 Å². The van der Waals surface area contributed by atoms with Crippen LogP contribution in [0.2, 0.25) is 0 Å². The summed E-state index contributed by atoms with van der Waals surface area (Å²) in [5.41, 5.74) is 0. The maximum absolute atomic E-state index is 11.5. The molecule has 0 N–H and O–H groups in total. The number of hydrogen-bond donors (Lipinski definition) is 0. The van der Waals surface area contributed by atoms with E-state index in [2.05, 4.69) is 0 Å². The normalized spacial score (nSPS) is 21.9. The van der Waals surface area contributed by atoms with Gasteiger partial charge in [0.15, 0.2) is 6.61 Å². The molecule has 0 aromatic rings. The van der Waals surface area contributed by atoms with Crippen molar-refractivity contribution < 1.29 is 28.5 Å². The lowest BCUT2D eigenvalue weighted by Gasteiger charge is -2.20. The molecule has 19 heavy (non-hydrogen) atoms. The SMILES string of the molecule is CCC(C)C(=O)OCC(=O)OC1COCCCCO1. The summed E-state index contributed by atoms with van der Waals surface area (Å²) < 4.78 is 20.5. The van der Waals surface area contributed by atoms with Gasteiger partial charge >= 0.3 is 11.9 Å². The molecule has 0 aromatic carbocycles. The number of ether oxygens (including phenoxy) is 4. The van der Waals surface area contributed by atoms with Crippen molar-refractivity contribution in [1.29, 1.82) is 0 Å². The van der Waals surface area contributed by atoms with Crippen LogP contribution in [0.25, 0.3) is 0 Å². The van der Waals surface area contributed by atoms with Gasteiger partial charge in [0.25, 0.3) is 0 Å². The van der Waals surface area contributed by atoms with Crippen LogP contribution in [0.5, 0.6) is 0 Å². The van der Waals surface area contributed by atoms with Crippen molar-refractivity contribution in [2.45, 2.75) is 39.4 Å². The zero-order chi connectivity index (χ0) is 14.1. The monoisotopic (exact) mass is 274 g/mol. The summed E-state index contributed by atoms with van der Waals surface area (Å²) in [4.78, 5) is 22.9. The molecule has 1 aliphatic rings. The Balaban J connectivity index is 2.23. The second-order valence-corrected chi connectivity index (χ2v) is 4.49. The zero-order valence-corrected chi connectivity index (χ0v) is 11.6. The Morgan fingerprint density at radius 1 is 1.32 bits per heavy atom. The fourth-order valence-corrected chi connectivity index (χ4v) is 1.44. The molecule has 1 aliphatic heterocycles. The third kappa shape index (κ3) is 6.54. The second kappa shape index (κ2) is 8.87. The van der Waals surface area contributed by atoms with Crippen LogP contribution in [0.4, 0.5) is 0 Å². The van der Waals surface area contributed by atoms with Crippen LogP contribution in [0.3, 0.4) is 0 Å². The molecule has 110 valence electrons. The third-order valence-corrected chi connectivity index (χ3v) is 2.85. The summed E-state index contributed by atoms with van der Waals surface area (Å²) in [6.45, 7) is 4.63. The average Bonchev–Trinajstić information content (AvgIpc) is 2.38. The predicted molar refractivity (Wildman–Crippen MR) is 66.3 cm³/mol. The first-order valence-electron chi connectivity index (χ1n) is 6.69. The van der Waals surface area contributed by atoms with Gasteiger partial charge in [0.2, 0.25) is 6.29 Å². The number of rotatable bonds is 5. The highest BCUT2D eigenvalue weighted by Gasteiger charge is 2.19. The molecule has 2 atom stereocenters. The summed E-state index contributed by atoms with van der Waals surface area (Å²) in [6, 6.07) is 0. The van der Waals surface area contributed by atoms with Gasteiger partial charge in [-0.15, -0.1) is 0 Å². The minimum atomic E-state index is -0.713. The number of carbonyl (C=O) groups excluding carboxylic acids is 2. The summed E-state index contributed by atoms with van der Waals surface area (Å²) in [6.07, 6.45) is 1.77. The van der Waals surface area contributed by atoms with E-state index < -0.39 is 18.2 Å². The molecule has 0 saturated carbocycles. The van der Waals surface area contributed by atoms with Gasteiger partial charge in [-0.25, -0.2) is 4.79 Å². The highest BCUT2D eigenvalue weighted by molar-refractivity contribution is 5.77. The summed E-state index contributed by atoms with van der Waals surface area (Å²) >= 11 is 0. The molecule has 2 unspecified atom stereocenters. The van der Waals surface area contributed by atoms with E-state index in [-0.39, 0.29) is 19.1 Å². The van der Waals surface area contributed by atoms with Gasteiger partial charge in [-0.05, 0) is 19.3 Å².